The van der Waals surface area contributed by atoms with Gasteiger partial charge < -0.3 is 16.0 Å². The topological polar surface area (TPSA) is 75.4 Å². The Balaban J connectivity index is 0.00000338. The number of amides is 2. The summed E-state index contributed by atoms with van der Waals surface area (Å²) in [6.45, 7) is 4.47. The lowest BCUT2D eigenvalue weighted by Crippen LogP contribution is -2.43. The van der Waals surface area contributed by atoms with Crippen LogP contribution in [0.5, 0.6) is 0 Å². The van der Waals surface area contributed by atoms with Gasteiger partial charge in [0.2, 0.25) is 11.8 Å². The molecule has 3 N–H and O–H groups in total. The van der Waals surface area contributed by atoms with Gasteiger partial charge in [-0.15, -0.1) is 12.4 Å². The van der Waals surface area contributed by atoms with Gasteiger partial charge in [-0.3, -0.25) is 9.59 Å². The first-order valence-electron chi connectivity index (χ1n) is 8.53. The maximum atomic E-state index is 14.1. The highest BCUT2D eigenvalue weighted by Gasteiger charge is 2.28. The highest BCUT2D eigenvalue weighted by molar-refractivity contribution is 5.85. The maximum Gasteiger partial charge on any atom is 0.224 e. The zero-order chi connectivity index (χ0) is 18.6. The zero-order valence-corrected chi connectivity index (χ0v) is 15.8. The van der Waals surface area contributed by atoms with Gasteiger partial charge in [0.1, 0.15) is 11.6 Å². The molecule has 1 aromatic carbocycles. The van der Waals surface area contributed by atoms with Crippen LogP contribution in [0.2, 0.25) is 0 Å². The van der Waals surface area contributed by atoms with Crippen LogP contribution in [0.25, 0.3) is 0 Å². The van der Waals surface area contributed by atoms with Gasteiger partial charge in [-0.05, 0) is 31.7 Å². The molecule has 5 nitrogen and oxygen atoms in total. The Bertz CT molecular complexity index is 635. The number of likely N-dealkylation sites (tertiary alicyclic amines) is 1. The second-order valence-electron chi connectivity index (χ2n) is 6.70. The van der Waals surface area contributed by atoms with Crippen molar-refractivity contribution in [1.29, 1.82) is 0 Å². The molecular formula is C18H26ClF2N3O2. The third-order valence-electron chi connectivity index (χ3n) is 4.73. The van der Waals surface area contributed by atoms with Crippen LogP contribution < -0.4 is 11.1 Å². The molecule has 2 amide bonds. The van der Waals surface area contributed by atoms with Gasteiger partial charge in [0, 0.05) is 37.7 Å². The SMILES string of the molecule is CC(=O)NC(CC(=O)N1CCC(C(C)N)CC1)c1ccc(F)cc1F.Cl. The van der Waals surface area contributed by atoms with Crippen LogP contribution in [-0.4, -0.2) is 35.8 Å². The summed E-state index contributed by atoms with van der Waals surface area (Å²) in [4.78, 5) is 25.7. The number of rotatable bonds is 5. The van der Waals surface area contributed by atoms with Crippen LogP contribution in [0.1, 0.15) is 44.7 Å². The number of piperidine rings is 1. The number of nitrogens with two attached hydrogens (primary N) is 1. The van der Waals surface area contributed by atoms with Crippen molar-refractivity contribution < 1.29 is 18.4 Å². The molecule has 2 rings (SSSR count). The second-order valence-corrected chi connectivity index (χ2v) is 6.70. The summed E-state index contributed by atoms with van der Waals surface area (Å²) in [6.07, 6.45) is 1.60. The van der Waals surface area contributed by atoms with E-state index in [0.29, 0.717) is 19.0 Å². The number of hydrogen-bond donors (Lipinski definition) is 2. The fraction of sp³-hybridized carbons (Fsp3) is 0.556. The van der Waals surface area contributed by atoms with Crippen LogP contribution in [0, 0.1) is 17.6 Å². The lowest BCUT2D eigenvalue weighted by atomic mass is 9.90. The first-order valence-corrected chi connectivity index (χ1v) is 8.53. The summed E-state index contributed by atoms with van der Waals surface area (Å²) >= 11 is 0. The monoisotopic (exact) mass is 389 g/mol. The van der Waals surface area contributed by atoms with Crippen molar-refractivity contribution in [3.05, 3.63) is 35.4 Å². The van der Waals surface area contributed by atoms with Gasteiger partial charge in [0.15, 0.2) is 0 Å². The van der Waals surface area contributed by atoms with Crippen molar-refractivity contribution in [3.8, 4) is 0 Å². The average Bonchev–Trinajstić information content (AvgIpc) is 2.54. The molecule has 0 radical (unpaired) electrons. The fourth-order valence-corrected chi connectivity index (χ4v) is 3.25. The third-order valence-corrected chi connectivity index (χ3v) is 4.73. The lowest BCUT2D eigenvalue weighted by molar-refractivity contribution is -0.133. The molecule has 1 heterocycles. The molecule has 8 heteroatoms. The quantitative estimate of drug-likeness (QED) is 0.812. The predicted molar refractivity (Wildman–Crippen MR) is 97.7 cm³/mol. The van der Waals surface area contributed by atoms with Gasteiger partial charge in [-0.2, -0.15) is 0 Å². The molecule has 1 fully saturated rings. The zero-order valence-electron chi connectivity index (χ0n) is 15.0. The molecule has 1 aliphatic rings. The Morgan fingerprint density at radius 3 is 2.42 bits per heavy atom. The van der Waals surface area contributed by atoms with Gasteiger partial charge in [0.05, 0.1) is 12.5 Å². The van der Waals surface area contributed by atoms with E-state index in [2.05, 4.69) is 5.32 Å². The van der Waals surface area contributed by atoms with E-state index in [1.807, 2.05) is 6.92 Å². The molecule has 2 atom stereocenters. The summed E-state index contributed by atoms with van der Waals surface area (Å²) < 4.78 is 27.2. The predicted octanol–water partition coefficient (Wildman–Crippen LogP) is 2.54. The minimum atomic E-state index is -0.822. The number of carbonyl (C=O) groups excluding carboxylic acids is 2. The van der Waals surface area contributed by atoms with E-state index < -0.39 is 17.7 Å². The normalized spacial score (nSPS) is 17.2. The summed E-state index contributed by atoms with van der Waals surface area (Å²) in [5.41, 5.74) is 6.01. The largest absolute Gasteiger partial charge is 0.349 e. The number of halogens is 3. The minimum absolute atomic E-state index is 0. The van der Waals surface area contributed by atoms with Gasteiger partial charge >= 0.3 is 0 Å². The molecule has 1 aromatic rings. The first kappa shape index (κ1) is 22.3. The third kappa shape index (κ3) is 5.92. The highest BCUT2D eigenvalue weighted by Crippen LogP contribution is 2.25. The van der Waals surface area contributed by atoms with E-state index in [-0.39, 0.29) is 42.2 Å². The number of nitrogens with one attached hydrogen (secondary N) is 1. The van der Waals surface area contributed by atoms with E-state index >= 15 is 0 Å². The van der Waals surface area contributed by atoms with Crippen LogP contribution >= 0.6 is 12.4 Å². The molecule has 1 saturated heterocycles. The Kier molecular flexibility index (Phi) is 8.43. The van der Waals surface area contributed by atoms with Gasteiger partial charge in [-0.1, -0.05) is 6.07 Å². The smallest absolute Gasteiger partial charge is 0.224 e. The fourth-order valence-electron chi connectivity index (χ4n) is 3.25. The molecule has 1 aliphatic heterocycles. The number of nitrogens with zero attached hydrogens (tertiary/aromatic N) is 1. The Labute approximate surface area is 158 Å². The van der Waals surface area contributed by atoms with E-state index in [1.54, 1.807) is 4.90 Å². The van der Waals surface area contributed by atoms with Crippen LogP contribution in [-0.2, 0) is 9.59 Å². The van der Waals surface area contributed by atoms with E-state index in [9.17, 15) is 18.4 Å². The summed E-state index contributed by atoms with van der Waals surface area (Å²) in [6, 6.07) is 2.41. The molecule has 0 spiro atoms. The molecule has 0 bridgehead atoms. The average molecular weight is 390 g/mol. The molecule has 0 aromatic heterocycles. The maximum absolute atomic E-state index is 14.1. The van der Waals surface area contributed by atoms with E-state index in [0.717, 1.165) is 25.0 Å². The Morgan fingerprint density at radius 1 is 1.31 bits per heavy atom. The molecule has 26 heavy (non-hydrogen) atoms. The van der Waals surface area contributed by atoms with Crippen molar-refractivity contribution in [3.63, 3.8) is 0 Å². The van der Waals surface area contributed by atoms with Crippen molar-refractivity contribution in [2.24, 2.45) is 11.7 Å². The van der Waals surface area contributed by atoms with E-state index in [4.69, 9.17) is 5.73 Å². The summed E-state index contributed by atoms with van der Waals surface area (Å²) in [5.74, 6) is -1.62. The van der Waals surface area contributed by atoms with Crippen molar-refractivity contribution in [2.75, 3.05) is 13.1 Å². The molecule has 146 valence electrons. The standard InChI is InChI=1S/C18H25F2N3O2.ClH/c1-11(21)13-5-7-23(8-6-13)18(25)10-17(22-12(2)24)15-4-3-14(19)9-16(15)20;/h3-4,9,11,13,17H,5-8,10,21H2,1-2H3,(H,22,24);1H. The minimum Gasteiger partial charge on any atom is -0.349 e. The second kappa shape index (κ2) is 9.83. The Hall–Kier alpha value is -1.73. The molecule has 2 unspecified atom stereocenters. The summed E-state index contributed by atoms with van der Waals surface area (Å²) in [7, 11) is 0. The van der Waals surface area contributed by atoms with Crippen molar-refractivity contribution in [1.82, 2.24) is 10.2 Å². The number of hydrogen-bond acceptors (Lipinski definition) is 3. The van der Waals surface area contributed by atoms with Crippen LogP contribution in [0.15, 0.2) is 18.2 Å². The lowest BCUT2D eigenvalue weighted by Gasteiger charge is -2.34. The Morgan fingerprint density at radius 2 is 1.92 bits per heavy atom. The number of carbonyl (C=O) groups is 2. The highest BCUT2D eigenvalue weighted by atomic mass is 35.5. The van der Waals surface area contributed by atoms with Gasteiger partial charge in [0.25, 0.3) is 0 Å². The first-order chi connectivity index (χ1) is 11.8. The number of benzene rings is 1. The molecule has 0 aliphatic carbocycles. The van der Waals surface area contributed by atoms with Crippen LogP contribution in [0.3, 0.4) is 0 Å². The van der Waals surface area contributed by atoms with Crippen molar-refractivity contribution >= 4 is 24.2 Å². The molecular weight excluding hydrogens is 364 g/mol. The van der Waals surface area contributed by atoms with E-state index in [1.165, 1.54) is 13.0 Å². The van der Waals surface area contributed by atoms with Gasteiger partial charge in [-0.25, -0.2) is 8.78 Å². The van der Waals surface area contributed by atoms with Crippen molar-refractivity contribution in [2.45, 2.75) is 45.2 Å². The van der Waals surface area contributed by atoms with Crippen LogP contribution in [0.4, 0.5) is 8.78 Å². The summed E-state index contributed by atoms with van der Waals surface area (Å²) in [5, 5.41) is 2.58. The molecule has 0 saturated carbocycles.